The van der Waals surface area contributed by atoms with Crippen molar-refractivity contribution in [2.75, 3.05) is 6.54 Å². The Kier molecular flexibility index (Phi) is 4.37. The molecule has 1 aliphatic carbocycles. The first-order chi connectivity index (χ1) is 8.65. The van der Waals surface area contributed by atoms with Crippen LogP contribution in [0.5, 0.6) is 0 Å². The summed E-state index contributed by atoms with van der Waals surface area (Å²) in [6.07, 6.45) is 2.28. The summed E-state index contributed by atoms with van der Waals surface area (Å²) < 4.78 is 0. The Labute approximate surface area is 109 Å². The minimum absolute atomic E-state index is 0.0909. The molecule has 0 bridgehead atoms. The molecule has 3 heteroatoms. The zero-order chi connectivity index (χ0) is 13.0. The average molecular weight is 246 g/mol. The number of hydrogen-bond donors (Lipinski definition) is 2. The molecule has 1 fully saturated rings. The molecule has 0 heterocycles. The van der Waals surface area contributed by atoms with Crippen LogP contribution in [0.4, 0.5) is 0 Å². The van der Waals surface area contributed by atoms with E-state index in [2.05, 4.69) is 34.9 Å². The Hall–Kier alpha value is -1.35. The summed E-state index contributed by atoms with van der Waals surface area (Å²) in [5, 5.41) is 6.20. The maximum atomic E-state index is 11.5. The molecule has 2 N–H and O–H groups in total. The molecule has 3 nitrogen and oxygen atoms in total. The van der Waals surface area contributed by atoms with Gasteiger partial charge in [0.1, 0.15) is 0 Å². The highest BCUT2D eigenvalue weighted by Gasteiger charge is 2.29. The van der Waals surface area contributed by atoms with Crippen LogP contribution in [0, 0.1) is 0 Å². The van der Waals surface area contributed by atoms with Crippen LogP contribution < -0.4 is 10.6 Å². The highest BCUT2D eigenvalue weighted by molar-refractivity contribution is 5.78. The molecule has 0 unspecified atom stereocenters. The van der Waals surface area contributed by atoms with E-state index in [9.17, 15) is 4.79 Å². The largest absolute Gasteiger partial charge is 0.353 e. The molecule has 0 saturated heterocycles. The number of amides is 1. The van der Waals surface area contributed by atoms with E-state index in [0.29, 0.717) is 18.5 Å². The van der Waals surface area contributed by atoms with Gasteiger partial charge in [-0.25, -0.2) is 0 Å². The summed E-state index contributed by atoms with van der Waals surface area (Å²) in [6.45, 7) is 4.39. The first kappa shape index (κ1) is 13.1. The Bertz CT molecular complexity index is 383. The second-order valence-electron chi connectivity index (χ2n) is 5.38. The lowest BCUT2D eigenvalue weighted by atomic mass is 9.76. The molecule has 1 saturated carbocycles. The predicted octanol–water partition coefficient (Wildman–Crippen LogP) is 2.05. The molecule has 1 aliphatic rings. The van der Waals surface area contributed by atoms with Gasteiger partial charge in [0.2, 0.25) is 5.91 Å². The van der Waals surface area contributed by atoms with E-state index in [1.807, 2.05) is 19.9 Å². The number of nitrogens with one attached hydrogen (secondary N) is 2. The maximum absolute atomic E-state index is 11.5. The Balaban J connectivity index is 1.66. The number of benzene rings is 1. The van der Waals surface area contributed by atoms with Gasteiger partial charge in [-0.3, -0.25) is 4.79 Å². The van der Waals surface area contributed by atoms with Gasteiger partial charge in [0.25, 0.3) is 0 Å². The van der Waals surface area contributed by atoms with E-state index in [-0.39, 0.29) is 11.9 Å². The van der Waals surface area contributed by atoms with Crippen LogP contribution in [-0.2, 0) is 4.79 Å². The third-order valence-corrected chi connectivity index (χ3v) is 3.41. The summed E-state index contributed by atoms with van der Waals surface area (Å²) in [6, 6.07) is 11.3. The molecule has 98 valence electrons. The fourth-order valence-corrected chi connectivity index (χ4v) is 2.39. The van der Waals surface area contributed by atoms with Crippen LogP contribution in [0.25, 0.3) is 0 Å². The van der Waals surface area contributed by atoms with E-state index in [4.69, 9.17) is 0 Å². The van der Waals surface area contributed by atoms with Gasteiger partial charge in [-0.15, -0.1) is 0 Å². The summed E-state index contributed by atoms with van der Waals surface area (Å²) in [5.74, 6) is 0.755. The number of rotatable bonds is 5. The molecule has 1 aromatic rings. The van der Waals surface area contributed by atoms with Crippen LogP contribution >= 0.6 is 0 Å². The molecular weight excluding hydrogens is 224 g/mol. The zero-order valence-electron chi connectivity index (χ0n) is 11.1. The molecule has 2 rings (SSSR count). The van der Waals surface area contributed by atoms with Gasteiger partial charge in [0.05, 0.1) is 6.54 Å². The molecule has 0 atom stereocenters. The van der Waals surface area contributed by atoms with Crippen LogP contribution in [-0.4, -0.2) is 24.5 Å². The lowest BCUT2D eigenvalue weighted by Gasteiger charge is -2.36. The second kappa shape index (κ2) is 6.01. The van der Waals surface area contributed by atoms with Gasteiger partial charge < -0.3 is 10.6 Å². The molecule has 0 spiro atoms. The molecular formula is C15H22N2O. The molecule has 1 amide bonds. The highest BCUT2D eigenvalue weighted by Crippen LogP contribution is 2.36. The van der Waals surface area contributed by atoms with E-state index in [1.165, 1.54) is 5.56 Å². The van der Waals surface area contributed by atoms with Gasteiger partial charge in [-0.05, 0) is 38.2 Å². The summed E-state index contributed by atoms with van der Waals surface area (Å²) in [4.78, 5) is 11.5. The second-order valence-corrected chi connectivity index (χ2v) is 5.38. The normalized spacial score (nSPS) is 22.6. The molecule has 0 radical (unpaired) electrons. The van der Waals surface area contributed by atoms with Crippen molar-refractivity contribution in [3.05, 3.63) is 35.9 Å². The third kappa shape index (κ3) is 3.57. The Morgan fingerprint density at radius 2 is 1.94 bits per heavy atom. The van der Waals surface area contributed by atoms with Crippen molar-refractivity contribution in [2.24, 2.45) is 0 Å². The standard InChI is InChI=1S/C15H22N2O/c1-11(2)17-15(18)10-16-14-8-13(9-14)12-6-4-3-5-7-12/h3-7,11,13-14,16H,8-10H2,1-2H3,(H,17,18). The summed E-state index contributed by atoms with van der Waals surface area (Å²) >= 11 is 0. The molecule has 0 aliphatic heterocycles. The van der Waals surface area contributed by atoms with E-state index in [0.717, 1.165) is 12.8 Å². The van der Waals surface area contributed by atoms with Crippen LogP contribution in [0.1, 0.15) is 38.2 Å². The van der Waals surface area contributed by atoms with Gasteiger partial charge in [-0.1, -0.05) is 30.3 Å². The summed E-state index contributed by atoms with van der Waals surface area (Å²) in [7, 11) is 0. The van der Waals surface area contributed by atoms with Crippen LogP contribution in [0.3, 0.4) is 0 Å². The fraction of sp³-hybridized carbons (Fsp3) is 0.533. The topological polar surface area (TPSA) is 41.1 Å². The molecule has 0 aromatic heterocycles. The number of carbonyl (C=O) groups is 1. The van der Waals surface area contributed by atoms with Crippen molar-refractivity contribution >= 4 is 5.91 Å². The first-order valence-electron chi connectivity index (χ1n) is 6.73. The highest BCUT2D eigenvalue weighted by atomic mass is 16.1. The van der Waals surface area contributed by atoms with E-state index in [1.54, 1.807) is 0 Å². The minimum Gasteiger partial charge on any atom is -0.353 e. The monoisotopic (exact) mass is 246 g/mol. The van der Waals surface area contributed by atoms with Crippen LogP contribution in [0.15, 0.2) is 30.3 Å². The van der Waals surface area contributed by atoms with Crippen molar-refractivity contribution in [1.29, 1.82) is 0 Å². The lowest BCUT2D eigenvalue weighted by molar-refractivity contribution is -0.121. The predicted molar refractivity (Wildman–Crippen MR) is 73.5 cm³/mol. The van der Waals surface area contributed by atoms with Crippen molar-refractivity contribution in [3.63, 3.8) is 0 Å². The van der Waals surface area contributed by atoms with Gasteiger partial charge in [0.15, 0.2) is 0 Å². The molecule has 18 heavy (non-hydrogen) atoms. The minimum atomic E-state index is 0.0909. The number of hydrogen-bond acceptors (Lipinski definition) is 2. The number of carbonyl (C=O) groups excluding carboxylic acids is 1. The summed E-state index contributed by atoms with van der Waals surface area (Å²) in [5.41, 5.74) is 1.42. The van der Waals surface area contributed by atoms with Crippen molar-refractivity contribution in [1.82, 2.24) is 10.6 Å². The van der Waals surface area contributed by atoms with E-state index < -0.39 is 0 Å². The first-order valence-corrected chi connectivity index (χ1v) is 6.73. The maximum Gasteiger partial charge on any atom is 0.234 e. The quantitative estimate of drug-likeness (QED) is 0.835. The smallest absolute Gasteiger partial charge is 0.234 e. The zero-order valence-corrected chi connectivity index (χ0v) is 11.1. The van der Waals surface area contributed by atoms with E-state index >= 15 is 0 Å². The third-order valence-electron chi connectivity index (χ3n) is 3.41. The van der Waals surface area contributed by atoms with Crippen LogP contribution in [0.2, 0.25) is 0 Å². The van der Waals surface area contributed by atoms with Crippen molar-refractivity contribution < 1.29 is 4.79 Å². The SMILES string of the molecule is CC(C)NC(=O)CNC1CC(c2ccccc2)C1. The van der Waals surface area contributed by atoms with Crippen molar-refractivity contribution in [3.8, 4) is 0 Å². The van der Waals surface area contributed by atoms with Gasteiger partial charge >= 0.3 is 0 Å². The Morgan fingerprint density at radius 1 is 1.28 bits per heavy atom. The molecule has 1 aromatic carbocycles. The van der Waals surface area contributed by atoms with Crippen molar-refractivity contribution in [2.45, 2.75) is 44.7 Å². The fourth-order valence-electron chi connectivity index (χ4n) is 2.39. The lowest BCUT2D eigenvalue weighted by Crippen LogP contribution is -2.46. The van der Waals surface area contributed by atoms with Gasteiger partial charge in [0, 0.05) is 12.1 Å². The van der Waals surface area contributed by atoms with Gasteiger partial charge in [-0.2, -0.15) is 0 Å². The average Bonchev–Trinajstić information content (AvgIpc) is 2.27. The Morgan fingerprint density at radius 3 is 2.56 bits per heavy atom.